The molecule has 0 aliphatic carbocycles. The molecule has 29 heavy (non-hydrogen) atoms. The molecule has 1 aliphatic heterocycles. The molecular weight excluding hydrogens is 377 g/mol. The number of hydrogen-bond acceptors (Lipinski definition) is 6. The third kappa shape index (κ3) is 3.07. The quantitative estimate of drug-likeness (QED) is 0.719. The minimum absolute atomic E-state index is 0.0379. The highest BCUT2D eigenvalue weighted by molar-refractivity contribution is 5.79. The number of halogens is 1. The fourth-order valence-corrected chi connectivity index (χ4v) is 3.92. The van der Waals surface area contributed by atoms with E-state index in [0.29, 0.717) is 40.1 Å². The molecule has 1 atom stereocenters. The molecule has 0 fully saturated rings. The highest BCUT2D eigenvalue weighted by Crippen LogP contribution is 2.47. The Balaban J connectivity index is 2.32. The number of rotatable bonds is 5. The van der Waals surface area contributed by atoms with Gasteiger partial charge in [-0.25, -0.2) is 4.39 Å². The van der Waals surface area contributed by atoms with Crippen molar-refractivity contribution >= 4 is 5.97 Å². The zero-order chi connectivity index (χ0) is 21.3. The molecular formula is C21H20FN3O4. The van der Waals surface area contributed by atoms with Crippen LogP contribution < -0.4 is 9.47 Å². The van der Waals surface area contributed by atoms with Gasteiger partial charge in [-0.3, -0.25) is 4.79 Å². The highest BCUT2D eigenvalue weighted by Gasteiger charge is 2.35. The lowest BCUT2D eigenvalue weighted by atomic mass is 9.91. The molecule has 1 aromatic carbocycles. The highest BCUT2D eigenvalue weighted by atomic mass is 19.1. The van der Waals surface area contributed by atoms with Crippen LogP contribution in [0.3, 0.4) is 0 Å². The first-order chi connectivity index (χ1) is 13.9. The van der Waals surface area contributed by atoms with Crippen molar-refractivity contribution in [2.24, 2.45) is 0 Å². The SMILES string of the molecule is COC(=O)CCc1c(C)c(C#N)c2n1C(C#N)Cc1c-2cc(OC)c(OC)c1F. The van der Waals surface area contributed by atoms with E-state index in [4.69, 9.17) is 14.2 Å². The van der Waals surface area contributed by atoms with Crippen molar-refractivity contribution in [1.82, 2.24) is 4.57 Å². The van der Waals surface area contributed by atoms with E-state index in [2.05, 4.69) is 12.1 Å². The molecule has 7 nitrogen and oxygen atoms in total. The molecule has 0 radical (unpaired) electrons. The summed E-state index contributed by atoms with van der Waals surface area (Å²) in [5.41, 5.74) is 2.94. The maximum absolute atomic E-state index is 15.2. The summed E-state index contributed by atoms with van der Waals surface area (Å²) in [6, 6.07) is 5.28. The van der Waals surface area contributed by atoms with Crippen LogP contribution in [0.1, 0.15) is 34.8 Å². The van der Waals surface area contributed by atoms with Crippen LogP contribution in [0.2, 0.25) is 0 Å². The number of carbonyl (C=O) groups excluding carboxylic acids is 1. The second kappa shape index (κ2) is 7.84. The molecule has 0 spiro atoms. The largest absolute Gasteiger partial charge is 0.493 e. The fourth-order valence-electron chi connectivity index (χ4n) is 3.92. The Labute approximate surface area is 167 Å². The third-order valence-corrected chi connectivity index (χ3v) is 5.31. The van der Waals surface area contributed by atoms with Crippen LogP contribution in [0, 0.1) is 35.4 Å². The monoisotopic (exact) mass is 397 g/mol. The molecule has 0 N–H and O–H groups in total. The van der Waals surface area contributed by atoms with Gasteiger partial charge in [0.05, 0.1) is 45.1 Å². The zero-order valence-corrected chi connectivity index (χ0v) is 16.6. The third-order valence-electron chi connectivity index (χ3n) is 5.31. The normalized spacial score (nSPS) is 14.2. The molecule has 0 saturated carbocycles. The van der Waals surface area contributed by atoms with Crippen LogP contribution >= 0.6 is 0 Å². The molecule has 0 bridgehead atoms. The molecule has 150 valence electrons. The van der Waals surface area contributed by atoms with Gasteiger partial charge in [0.2, 0.25) is 0 Å². The number of nitriles is 2. The average molecular weight is 397 g/mol. The van der Waals surface area contributed by atoms with Crippen molar-refractivity contribution in [3.05, 3.63) is 34.3 Å². The van der Waals surface area contributed by atoms with Gasteiger partial charge in [-0.2, -0.15) is 10.5 Å². The van der Waals surface area contributed by atoms with E-state index in [0.717, 1.165) is 0 Å². The Morgan fingerprint density at radius 3 is 2.59 bits per heavy atom. The van der Waals surface area contributed by atoms with Crippen molar-refractivity contribution in [2.45, 2.75) is 32.2 Å². The summed E-state index contributed by atoms with van der Waals surface area (Å²) in [6.07, 6.45) is 0.517. The molecule has 2 heterocycles. The summed E-state index contributed by atoms with van der Waals surface area (Å²) in [5, 5.41) is 19.6. The predicted octanol–water partition coefficient (Wildman–Crippen LogP) is 3.22. The Morgan fingerprint density at radius 1 is 1.31 bits per heavy atom. The van der Waals surface area contributed by atoms with Gasteiger partial charge in [-0.05, 0) is 25.0 Å². The van der Waals surface area contributed by atoms with Crippen LogP contribution in [0.15, 0.2) is 6.07 Å². The fraction of sp³-hybridized carbons (Fsp3) is 0.381. The summed E-state index contributed by atoms with van der Waals surface area (Å²) < 4.78 is 32.1. The van der Waals surface area contributed by atoms with E-state index in [1.165, 1.54) is 21.3 Å². The number of carbonyl (C=O) groups is 1. The van der Waals surface area contributed by atoms with E-state index in [1.807, 2.05) is 0 Å². The van der Waals surface area contributed by atoms with Crippen LogP contribution in [-0.4, -0.2) is 31.9 Å². The number of esters is 1. The van der Waals surface area contributed by atoms with Crippen molar-refractivity contribution in [3.63, 3.8) is 0 Å². The van der Waals surface area contributed by atoms with E-state index in [9.17, 15) is 15.3 Å². The number of benzene rings is 1. The van der Waals surface area contributed by atoms with Gasteiger partial charge >= 0.3 is 5.97 Å². The Hall–Kier alpha value is -3.52. The maximum atomic E-state index is 15.2. The lowest BCUT2D eigenvalue weighted by Crippen LogP contribution is -2.21. The Morgan fingerprint density at radius 2 is 2.03 bits per heavy atom. The van der Waals surface area contributed by atoms with Gasteiger partial charge in [0.25, 0.3) is 0 Å². The van der Waals surface area contributed by atoms with Crippen molar-refractivity contribution in [1.29, 1.82) is 10.5 Å². The van der Waals surface area contributed by atoms with Crippen LogP contribution in [-0.2, 0) is 22.4 Å². The number of hydrogen-bond donors (Lipinski definition) is 0. The van der Waals surface area contributed by atoms with Gasteiger partial charge in [0.15, 0.2) is 17.3 Å². The number of nitrogens with zero attached hydrogens (tertiary/aromatic N) is 3. The van der Waals surface area contributed by atoms with Crippen LogP contribution in [0.5, 0.6) is 11.5 Å². The Kier molecular flexibility index (Phi) is 5.47. The van der Waals surface area contributed by atoms with Gasteiger partial charge in [-0.15, -0.1) is 0 Å². The molecule has 0 amide bonds. The van der Waals surface area contributed by atoms with Crippen LogP contribution in [0.4, 0.5) is 4.39 Å². The number of ether oxygens (including phenoxy) is 3. The average Bonchev–Trinajstić information content (AvgIpc) is 3.02. The molecule has 3 rings (SSSR count). The molecule has 1 aromatic heterocycles. The first-order valence-electron chi connectivity index (χ1n) is 8.97. The van der Waals surface area contributed by atoms with Crippen molar-refractivity contribution in [3.8, 4) is 34.9 Å². The van der Waals surface area contributed by atoms with E-state index in [-0.39, 0.29) is 30.3 Å². The van der Waals surface area contributed by atoms with Gasteiger partial charge in [0.1, 0.15) is 12.1 Å². The molecule has 0 saturated heterocycles. The van der Waals surface area contributed by atoms with Gasteiger partial charge in [0, 0.05) is 23.2 Å². The lowest BCUT2D eigenvalue weighted by molar-refractivity contribution is -0.140. The smallest absolute Gasteiger partial charge is 0.305 e. The lowest BCUT2D eigenvalue weighted by Gasteiger charge is -2.27. The van der Waals surface area contributed by atoms with E-state index >= 15 is 4.39 Å². The maximum Gasteiger partial charge on any atom is 0.305 e. The van der Waals surface area contributed by atoms with Crippen LogP contribution in [0.25, 0.3) is 11.3 Å². The summed E-state index contributed by atoms with van der Waals surface area (Å²) in [5.74, 6) is -0.832. The topological polar surface area (TPSA) is 97.3 Å². The molecule has 1 unspecified atom stereocenters. The predicted molar refractivity (Wildman–Crippen MR) is 101 cm³/mol. The summed E-state index contributed by atoms with van der Waals surface area (Å²) in [4.78, 5) is 11.6. The second-order valence-electron chi connectivity index (χ2n) is 6.65. The zero-order valence-electron chi connectivity index (χ0n) is 16.6. The van der Waals surface area contributed by atoms with Crippen molar-refractivity contribution < 1.29 is 23.4 Å². The summed E-state index contributed by atoms with van der Waals surface area (Å²) in [6.45, 7) is 1.77. The van der Waals surface area contributed by atoms with E-state index < -0.39 is 11.9 Å². The summed E-state index contributed by atoms with van der Waals surface area (Å²) in [7, 11) is 4.05. The van der Waals surface area contributed by atoms with Gasteiger partial charge < -0.3 is 18.8 Å². The number of aromatic nitrogens is 1. The van der Waals surface area contributed by atoms with Crippen molar-refractivity contribution in [2.75, 3.05) is 21.3 Å². The first-order valence-corrected chi connectivity index (χ1v) is 8.97. The van der Waals surface area contributed by atoms with Gasteiger partial charge in [-0.1, -0.05) is 0 Å². The minimum atomic E-state index is -0.724. The van der Waals surface area contributed by atoms with E-state index in [1.54, 1.807) is 17.6 Å². The number of methoxy groups -OCH3 is 3. The molecule has 1 aliphatic rings. The minimum Gasteiger partial charge on any atom is -0.493 e. The number of fused-ring (bicyclic) bond motifs is 3. The molecule has 2 aromatic rings. The molecule has 8 heteroatoms. The summed E-state index contributed by atoms with van der Waals surface area (Å²) >= 11 is 0. The second-order valence-corrected chi connectivity index (χ2v) is 6.65. The first kappa shape index (κ1) is 20.2. The Bertz CT molecular complexity index is 1080. The standard InChI is InChI=1S/C21H20FN3O4/c1-11-15(10-24)20-14-8-17(27-2)21(29-4)19(22)13(14)7-12(9-23)25(20)16(11)5-6-18(26)28-3/h8,12H,5-7H2,1-4H3.